The fourth-order valence-corrected chi connectivity index (χ4v) is 3.18. The molecule has 0 radical (unpaired) electrons. The Morgan fingerprint density at radius 2 is 1.08 bits per heavy atom. The van der Waals surface area contributed by atoms with Gasteiger partial charge in [0.25, 0.3) is 0 Å². The first-order chi connectivity index (χ1) is 12.9. The second-order valence-electron chi connectivity index (χ2n) is 6.02. The first-order valence-electron chi connectivity index (χ1n) is 8.46. The van der Waals surface area contributed by atoms with Crippen LogP contribution in [0.5, 0.6) is 0 Å². The Morgan fingerprint density at radius 3 is 1.62 bits per heavy atom. The highest BCUT2D eigenvalue weighted by molar-refractivity contribution is 5.89. The zero-order chi connectivity index (χ0) is 17.8. The highest BCUT2D eigenvalue weighted by Gasteiger charge is 2.14. The zero-order valence-electron chi connectivity index (χ0n) is 14.1. The molecule has 0 atom stereocenters. The predicted molar refractivity (Wildman–Crippen MR) is 105 cm³/mol. The summed E-state index contributed by atoms with van der Waals surface area (Å²) < 4.78 is 0. The van der Waals surface area contributed by atoms with Gasteiger partial charge in [0.2, 0.25) is 0 Å². The standard InChI is InChI=1S/C24H16N2/c25-17-21-15-23(18-7-3-1-4-8-18)24(19-9-5-2-6-10-19)16-22(21)20-11-13-26-14-12-20/h1-16H. The molecule has 0 saturated carbocycles. The molecule has 0 aliphatic carbocycles. The second kappa shape index (κ2) is 7.04. The highest BCUT2D eigenvalue weighted by Crippen LogP contribution is 2.37. The smallest absolute Gasteiger partial charge is 0.0998 e. The van der Waals surface area contributed by atoms with Crippen molar-refractivity contribution in [1.82, 2.24) is 4.98 Å². The Bertz CT molecular complexity index is 1060. The lowest BCUT2D eigenvalue weighted by Crippen LogP contribution is -1.92. The molecule has 1 heterocycles. The van der Waals surface area contributed by atoms with Crippen molar-refractivity contribution in [2.24, 2.45) is 0 Å². The molecule has 0 unspecified atom stereocenters. The number of rotatable bonds is 3. The summed E-state index contributed by atoms with van der Waals surface area (Å²) in [5.41, 5.74) is 6.99. The minimum atomic E-state index is 0.662. The van der Waals surface area contributed by atoms with Crippen LogP contribution in [0, 0.1) is 11.3 Å². The molecule has 0 fully saturated rings. The molecule has 122 valence electrons. The molecule has 0 aliphatic rings. The van der Waals surface area contributed by atoms with Crippen LogP contribution in [0.4, 0.5) is 0 Å². The molecule has 2 heteroatoms. The van der Waals surface area contributed by atoms with Gasteiger partial charge < -0.3 is 0 Å². The molecule has 4 rings (SSSR count). The third-order valence-electron chi connectivity index (χ3n) is 4.44. The van der Waals surface area contributed by atoms with Crippen molar-refractivity contribution < 1.29 is 0 Å². The molecule has 0 spiro atoms. The minimum absolute atomic E-state index is 0.662. The summed E-state index contributed by atoms with van der Waals surface area (Å²) in [5.74, 6) is 0. The molecule has 0 amide bonds. The van der Waals surface area contributed by atoms with Gasteiger partial charge in [-0.1, -0.05) is 60.7 Å². The number of aromatic nitrogens is 1. The fourth-order valence-electron chi connectivity index (χ4n) is 3.18. The third kappa shape index (κ3) is 2.99. The van der Waals surface area contributed by atoms with Gasteiger partial charge in [0.05, 0.1) is 11.6 Å². The Labute approximate surface area is 153 Å². The molecule has 4 aromatic rings. The van der Waals surface area contributed by atoms with E-state index in [1.807, 2.05) is 54.6 Å². The number of nitrogens with zero attached hydrogens (tertiary/aromatic N) is 2. The molecule has 0 bridgehead atoms. The quantitative estimate of drug-likeness (QED) is 0.464. The van der Waals surface area contributed by atoms with Gasteiger partial charge in [-0.25, -0.2) is 0 Å². The van der Waals surface area contributed by atoms with Gasteiger partial charge in [0.15, 0.2) is 0 Å². The van der Waals surface area contributed by atoms with E-state index in [4.69, 9.17) is 0 Å². The van der Waals surface area contributed by atoms with Crippen molar-refractivity contribution in [3.8, 4) is 39.4 Å². The molecular formula is C24H16N2. The maximum atomic E-state index is 9.75. The van der Waals surface area contributed by atoms with Gasteiger partial charge in [-0.3, -0.25) is 4.98 Å². The molecule has 1 aromatic heterocycles. The van der Waals surface area contributed by atoms with Crippen molar-refractivity contribution in [2.75, 3.05) is 0 Å². The average molecular weight is 332 g/mol. The maximum Gasteiger partial charge on any atom is 0.0998 e. The minimum Gasteiger partial charge on any atom is -0.265 e. The first kappa shape index (κ1) is 15.8. The molecule has 3 aromatic carbocycles. The predicted octanol–water partition coefficient (Wildman–Crippen LogP) is 5.95. The van der Waals surface area contributed by atoms with E-state index in [0.717, 1.165) is 33.4 Å². The van der Waals surface area contributed by atoms with Crippen molar-refractivity contribution in [3.63, 3.8) is 0 Å². The number of pyridine rings is 1. The average Bonchev–Trinajstić information content (AvgIpc) is 2.74. The van der Waals surface area contributed by atoms with E-state index >= 15 is 0 Å². The van der Waals surface area contributed by atoms with Crippen LogP contribution in [0.2, 0.25) is 0 Å². The number of hydrogen-bond donors (Lipinski definition) is 0. The first-order valence-corrected chi connectivity index (χ1v) is 8.46. The number of hydrogen-bond acceptors (Lipinski definition) is 2. The Morgan fingerprint density at radius 1 is 0.577 bits per heavy atom. The fraction of sp³-hybridized carbons (Fsp3) is 0. The van der Waals surface area contributed by atoms with Crippen LogP contribution in [0.3, 0.4) is 0 Å². The summed E-state index contributed by atoms with van der Waals surface area (Å²) in [4.78, 5) is 4.09. The van der Waals surface area contributed by atoms with E-state index in [-0.39, 0.29) is 0 Å². The van der Waals surface area contributed by atoms with E-state index < -0.39 is 0 Å². The second-order valence-corrected chi connectivity index (χ2v) is 6.02. The van der Waals surface area contributed by atoms with Crippen molar-refractivity contribution in [1.29, 1.82) is 5.26 Å². The molecule has 2 nitrogen and oxygen atoms in total. The van der Waals surface area contributed by atoms with Crippen LogP contribution in [-0.4, -0.2) is 4.98 Å². The molecule has 0 saturated heterocycles. The van der Waals surface area contributed by atoms with Gasteiger partial charge in [-0.15, -0.1) is 0 Å². The third-order valence-corrected chi connectivity index (χ3v) is 4.44. The normalized spacial score (nSPS) is 10.3. The van der Waals surface area contributed by atoms with Crippen molar-refractivity contribution in [3.05, 3.63) is 103 Å². The molecule has 0 N–H and O–H groups in total. The SMILES string of the molecule is N#Cc1cc(-c2ccccc2)c(-c2ccccc2)cc1-c1ccncc1. The lowest BCUT2D eigenvalue weighted by Gasteiger charge is -2.15. The van der Waals surface area contributed by atoms with E-state index in [0.29, 0.717) is 5.56 Å². The maximum absolute atomic E-state index is 9.75. The summed E-state index contributed by atoms with van der Waals surface area (Å²) in [6.45, 7) is 0. The van der Waals surface area contributed by atoms with E-state index in [1.54, 1.807) is 12.4 Å². The van der Waals surface area contributed by atoms with Gasteiger partial charge in [-0.05, 0) is 52.1 Å². The van der Waals surface area contributed by atoms with Gasteiger partial charge in [0, 0.05) is 18.0 Å². The largest absolute Gasteiger partial charge is 0.265 e. The topological polar surface area (TPSA) is 36.7 Å². The highest BCUT2D eigenvalue weighted by atomic mass is 14.6. The lowest BCUT2D eigenvalue weighted by atomic mass is 9.88. The van der Waals surface area contributed by atoms with E-state index in [1.165, 1.54) is 0 Å². The van der Waals surface area contributed by atoms with Crippen LogP contribution in [0.1, 0.15) is 5.56 Å². The van der Waals surface area contributed by atoms with Gasteiger partial charge >= 0.3 is 0 Å². The van der Waals surface area contributed by atoms with Gasteiger partial charge in [-0.2, -0.15) is 5.26 Å². The summed E-state index contributed by atoms with van der Waals surface area (Å²) in [5, 5.41) is 9.75. The Kier molecular flexibility index (Phi) is 4.28. The Balaban J connectivity index is 2.02. The van der Waals surface area contributed by atoms with E-state index in [9.17, 15) is 5.26 Å². The summed E-state index contributed by atoms with van der Waals surface area (Å²) in [7, 11) is 0. The molecular weight excluding hydrogens is 316 g/mol. The molecule has 0 aliphatic heterocycles. The Hall–Kier alpha value is -3.70. The zero-order valence-corrected chi connectivity index (χ0v) is 14.1. The van der Waals surface area contributed by atoms with Crippen LogP contribution >= 0.6 is 0 Å². The summed E-state index contributed by atoms with van der Waals surface area (Å²) in [6, 6.07) is 30.8. The van der Waals surface area contributed by atoms with Crippen molar-refractivity contribution in [2.45, 2.75) is 0 Å². The lowest BCUT2D eigenvalue weighted by molar-refractivity contribution is 1.33. The van der Waals surface area contributed by atoms with Crippen LogP contribution in [0.25, 0.3) is 33.4 Å². The summed E-state index contributed by atoms with van der Waals surface area (Å²) >= 11 is 0. The monoisotopic (exact) mass is 332 g/mol. The number of nitriles is 1. The number of benzene rings is 3. The molecule has 26 heavy (non-hydrogen) atoms. The van der Waals surface area contributed by atoms with Crippen LogP contribution in [0.15, 0.2) is 97.3 Å². The summed E-state index contributed by atoms with van der Waals surface area (Å²) in [6.07, 6.45) is 3.51. The van der Waals surface area contributed by atoms with E-state index in [2.05, 4.69) is 41.4 Å². The van der Waals surface area contributed by atoms with Crippen molar-refractivity contribution >= 4 is 0 Å². The van der Waals surface area contributed by atoms with Crippen LogP contribution < -0.4 is 0 Å². The van der Waals surface area contributed by atoms with Gasteiger partial charge in [0.1, 0.15) is 0 Å². The van der Waals surface area contributed by atoms with Crippen LogP contribution in [-0.2, 0) is 0 Å².